The molecule has 3 atom stereocenters. The molecule has 3 unspecified atom stereocenters. The Labute approximate surface area is 158 Å². The number of alkyl halides is 13. The SMILES string of the molecule is COC(OCC1CO1)C(O)CC(F)(F)C(F)(F)C(F)(F)C(F)(F)C(F)(F)C(F)(F)F. The molecular weight excluding hydrogens is 467 g/mol. The average Bonchev–Trinajstić information content (AvgIpc) is 3.37. The number of hydrogen-bond donors (Lipinski definition) is 1. The molecule has 0 radical (unpaired) electrons. The van der Waals surface area contributed by atoms with E-state index in [2.05, 4.69) is 14.2 Å². The molecule has 0 aromatic rings. The molecule has 0 aliphatic carbocycles. The zero-order valence-corrected chi connectivity index (χ0v) is 14.4. The smallest absolute Gasteiger partial charge is 0.388 e. The lowest BCUT2D eigenvalue weighted by atomic mass is 9.91. The van der Waals surface area contributed by atoms with Gasteiger partial charge in [0.05, 0.1) is 13.2 Å². The highest BCUT2D eigenvalue weighted by Gasteiger charge is 2.90. The van der Waals surface area contributed by atoms with Crippen molar-refractivity contribution in [3.05, 3.63) is 0 Å². The molecule has 0 aromatic carbocycles. The van der Waals surface area contributed by atoms with Gasteiger partial charge in [0.25, 0.3) is 0 Å². The van der Waals surface area contributed by atoms with Crippen molar-refractivity contribution >= 4 is 0 Å². The predicted octanol–water partition coefficient (Wildman–Crippen LogP) is 3.86. The summed E-state index contributed by atoms with van der Waals surface area (Å²) < 4.78 is 182. The molecule has 1 fully saturated rings. The zero-order valence-electron chi connectivity index (χ0n) is 14.4. The Morgan fingerprint density at radius 1 is 0.833 bits per heavy atom. The first kappa shape index (κ1) is 27.0. The van der Waals surface area contributed by atoms with E-state index in [1.807, 2.05) is 0 Å². The second kappa shape index (κ2) is 8.12. The monoisotopic (exact) mass is 480 g/mol. The summed E-state index contributed by atoms with van der Waals surface area (Å²) in [4.78, 5) is 0. The van der Waals surface area contributed by atoms with Gasteiger partial charge in [0.1, 0.15) is 12.2 Å². The first-order valence-corrected chi connectivity index (χ1v) is 7.57. The van der Waals surface area contributed by atoms with Gasteiger partial charge in [-0.05, 0) is 0 Å². The van der Waals surface area contributed by atoms with Crippen LogP contribution in [0.25, 0.3) is 0 Å². The van der Waals surface area contributed by atoms with Gasteiger partial charge in [-0.15, -0.1) is 0 Å². The summed E-state index contributed by atoms with van der Waals surface area (Å²) in [5.74, 6) is -37.6. The molecule has 1 aliphatic heterocycles. The summed E-state index contributed by atoms with van der Waals surface area (Å²) in [6.07, 6.45) is -16.0. The minimum absolute atomic E-state index is 0.121. The standard InChI is InChI=1S/C13H13F13O4/c1-28-7(30-4-5-3-29-5)6(27)2-8(14,15)9(16,17)10(18,19)11(20,21)12(22,23)13(24,25)26/h5-7,27H,2-4H2,1H3. The van der Waals surface area contributed by atoms with Crippen LogP contribution < -0.4 is 0 Å². The molecule has 0 bridgehead atoms. The van der Waals surface area contributed by atoms with Crippen molar-refractivity contribution in [2.75, 3.05) is 20.3 Å². The number of halogens is 13. The van der Waals surface area contributed by atoms with Gasteiger partial charge < -0.3 is 19.3 Å². The number of aliphatic hydroxyl groups is 1. The van der Waals surface area contributed by atoms with Crippen molar-refractivity contribution in [1.82, 2.24) is 0 Å². The molecule has 0 aromatic heterocycles. The summed E-state index contributed by atoms with van der Waals surface area (Å²) in [6, 6.07) is 0. The fraction of sp³-hybridized carbons (Fsp3) is 1.00. The van der Waals surface area contributed by atoms with Crippen LogP contribution in [-0.2, 0) is 14.2 Å². The third kappa shape index (κ3) is 4.57. The van der Waals surface area contributed by atoms with E-state index >= 15 is 0 Å². The van der Waals surface area contributed by atoms with Crippen LogP contribution in [0.4, 0.5) is 57.1 Å². The highest BCUT2D eigenvalue weighted by Crippen LogP contribution is 2.60. The maximum atomic E-state index is 13.7. The van der Waals surface area contributed by atoms with Crippen molar-refractivity contribution in [2.45, 2.75) is 60.7 Å². The molecule has 17 heteroatoms. The van der Waals surface area contributed by atoms with Crippen molar-refractivity contribution in [2.24, 2.45) is 0 Å². The number of aliphatic hydroxyl groups excluding tert-OH is 1. The van der Waals surface area contributed by atoms with Gasteiger partial charge in [0, 0.05) is 13.5 Å². The minimum atomic E-state index is -7.99. The van der Waals surface area contributed by atoms with E-state index in [1.165, 1.54) is 0 Å². The van der Waals surface area contributed by atoms with Crippen molar-refractivity contribution < 1.29 is 76.4 Å². The molecule has 0 saturated carbocycles. The predicted molar refractivity (Wildman–Crippen MR) is 67.9 cm³/mol. The molecular formula is C13H13F13O4. The normalized spacial score (nSPS) is 21.5. The lowest BCUT2D eigenvalue weighted by molar-refractivity contribution is -0.441. The second-order valence-corrected chi connectivity index (χ2v) is 6.16. The number of rotatable bonds is 11. The fourth-order valence-electron chi connectivity index (χ4n) is 1.99. The molecule has 180 valence electrons. The first-order valence-electron chi connectivity index (χ1n) is 7.57. The second-order valence-electron chi connectivity index (χ2n) is 6.16. The van der Waals surface area contributed by atoms with Crippen LogP contribution >= 0.6 is 0 Å². The zero-order chi connectivity index (χ0) is 24.0. The Morgan fingerprint density at radius 3 is 1.63 bits per heavy atom. The molecule has 1 heterocycles. The van der Waals surface area contributed by atoms with Gasteiger partial charge in [-0.3, -0.25) is 0 Å². The maximum Gasteiger partial charge on any atom is 0.460 e. The van der Waals surface area contributed by atoms with E-state index in [4.69, 9.17) is 0 Å². The summed E-state index contributed by atoms with van der Waals surface area (Å²) in [7, 11) is 0.671. The Kier molecular flexibility index (Phi) is 7.30. The van der Waals surface area contributed by atoms with Crippen LogP contribution in [0.5, 0.6) is 0 Å². The van der Waals surface area contributed by atoms with Crippen molar-refractivity contribution in [3.63, 3.8) is 0 Å². The molecule has 1 aliphatic rings. The van der Waals surface area contributed by atoms with Crippen molar-refractivity contribution in [3.8, 4) is 0 Å². The number of ether oxygens (including phenoxy) is 3. The van der Waals surface area contributed by atoms with E-state index in [1.54, 1.807) is 0 Å². The molecule has 4 nitrogen and oxygen atoms in total. The summed E-state index contributed by atoms with van der Waals surface area (Å²) in [5.41, 5.74) is 0. The lowest BCUT2D eigenvalue weighted by Gasteiger charge is -2.40. The van der Waals surface area contributed by atoms with Gasteiger partial charge >= 0.3 is 35.8 Å². The molecule has 30 heavy (non-hydrogen) atoms. The first-order chi connectivity index (χ1) is 13.2. The topological polar surface area (TPSA) is 51.2 Å². The van der Waals surface area contributed by atoms with Gasteiger partial charge in [-0.25, -0.2) is 0 Å². The van der Waals surface area contributed by atoms with E-state index in [0.29, 0.717) is 7.11 Å². The number of hydrogen-bond acceptors (Lipinski definition) is 4. The van der Waals surface area contributed by atoms with E-state index in [0.717, 1.165) is 0 Å². The Balaban J connectivity index is 3.14. The van der Waals surface area contributed by atoms with E-state index in [-0.39, 0.29) is 6.61 Å². The number of methoxy groups -OCH3 is 1. The van der Waals surface area contributed by atoms with Gasteiger partial charge in [0.15, 0.2) is 6.29 Å². The molecule has 1 N–H and O–H groups in total. The fourth-order valence-corrected chi connectivity index (χ4v) is 1.99. The van der Waals surface area contributed by atoms with Crippen LogP contribution in [-0.4, -0.2) is 79.7 Å². The van der Waals surface area contributed by atoms with E-state index < -0.39 is 67.3 Å². The third-order valence-corrected chi connectivity index (χ3v) is 3.86. The van der Waals surface area contributed by atoms with Gasteiger partial charge in [-0.2, -0.15) is 57.1 Å². The third-order valence-electron chi connectivity index (χ3n) is 3.86. The average molecular weight is 480 g/mol. The number of epoxide rings is 1. The van der Waals surface area contributed by atoms with Crippen LogP contribution in [0, 0.1) is 0 Å². The maximum absolute atomic E-state index is 13.7. The molecule has 0 amide bonds. The minimum Gasteiger partial charge on any atom is -0.388 e. The Bertz CT molecular complexity index is 588. The van der Waals surface area contributed by atoms with Crippen LogP contribution in [0.15, 0.2) is 0 Å². The summed E-state index contributed by atoms with van der Waals surface area (Å²) in [6.45, 7) is -0.334. The highest BCUT2D eigenvalue weighted by atomic mass is 19.4. The van der Waals surface area contributed by atoms with Crippen LogP contribution in [0.1, 0.15) is 6.42 Å². The van der Waals surface area contributed by atoms with Crippen LogP contribution in [0.3, 0.4) is 0 Å². The van der Waals surface area contributed by atoms with Gasteiger partial charge in [0.2, 0.25) is 0 Å². The highest BCUT2D eigenvalue weighted by molar-refractivity contribution is 5.10. The quantitative estimate of drug-likeness (QED) is 0.277. The largest absolute Gasteiger partial charge is 0.460 e. The summed E-state index contributed by atoms with van der Waals surface area (Å²) in [5, 5.41) is 9.43. The Hall–Kier alpha value is -1.07. The summed E-state index contributed by atoms with van der Waals surface area (Å²) >= 11 is 0. The molecule has 1 rings (SSSR count). The Morgan fingerprint density at radius 2 is 1.27 bits per heavy atom. The van der Waals surface area contributed by atoms with E-state index in [9.17, 15) is 62.2 Å². The van der Waals surface area contributed by atoms with Crippen molar-refractivity contribution in [1.29, 1.82) is 0 Å². The lowest BCUT2D eigenvalue weighted by Crippen LogP contribution is -2.70. The van der Waals surface area contributed by atoms with Crippen LogP contribution in [0.2, 0.25) is 0 Å². The molecule has 0 spiro atoms. The van der Waals surface area contributed by atoms with Gasteiger partial charge in [-0.1, -0.05) is 0 Å². The molecule has 1 saturated heterocycles.